The molecular weight excluding hydrogens is 382 g/mol. The number of benzene rings is 2. The quantitative estimate of drug-likeness (QED) is 0.666. The van der Waals surface area contributed by atoms with Gasteiger partial charge in [-0.15, -0.1) is 0 Å². The van der Waals surface area contributed by atoms with Crippen molar-refractivity contribution >= 4 is 23.2 Å². The van der Waals surface area contributed by atoms with E-state index in [0.717, 1.165) is 70.1 Å². The summed E-state index contributed by atoms with van der Waals surface area (Å²) in [5.41, 5.74) is 3.92. The van der Waals surface area contributed by atoms with Gasteiger partial charge in [-0.25, -0.2) is 0 Å². The molecule has 0 radical (unpaired) electrons. The predicted octanol–water partition coefficient (Wildman–Crippen LogP) is 4.22. The lowest BCUT2D eigenvalue weighted by Gasteiger charge is -2.36. The number of fused-ring (bicyclic) bond motifs is 1. The maximum Gasteiger partial charge on any atom is 0.222 e. The topological polar surface area (TPSA) is 26.8 Å². The van der Waals surface area contributed by atoms with Crippen LogP contribution in [0.3, 0.4) is 0 Å². The lowest BCUT2D eigenvalue weighted by molar-refractivity contribution is -0.132. The Labute approximate surface area is 179 Å². The van der Waals surface area contributed by atoms with Crippen LogP contribution in [0.15, 0.2) is 48.5 Å². The van der Waals surface area contributed by atoms with Gasteiger partial charge in [-0.2, -0.15) is 0 Å². The minimum Gasteiger partial charge on any atom is -0.369 e. The summed E-state index contributed by atoms with van der Waals surface area (Å²) in [4.78, 5) is 19.5. The number of unbranched alkanes of at least 4 members (excludes halogenated alkanes) is 1. The highest BCUT2D eigenvalue weighted by molar-refractivity contribution is 6.30. The molecule has 5 heteroatoms. The van der Waals surface area contributed by atoms with Crippen molar-refractivity contribution in [3.8, 4) is 0 Å². The third-order valence-corrected chi connectivity index (χ3v) is 6.38. The number of carbonyl (C=O) groups is 1. The van der Waals surface area contributed by atoms with Crippen LogP contribution in [-0.4, -0.2) is 55.0 Å². The molecule has 0 aliphatic carbocycles. The molecule has 2 aromatic rings. The highest BCUT2D eigenvalue weighted by Gasteiger charge is 2.20. The molecule has 1 saturated heterocycles. The summed E-state index contributed by atoms with van der Waals surface area (Å²) in [7, 11) is 0. The molecule has 0 aromatic heterocycles. The van der Waals surface area contributed by atoms with Gasteiger partial charge in [-0.1, -0.05) is 41.9 Å². The van der Waals surface area contributed by atoms with Crippen molar-refractivity contribution in [1.29, 1.82) is 0 Å². The molecule has 0 N–H and O–H groups in total. The summed E-state index contributed by atoms with van der Waals surface area (Å²) >= 11 is 6.12. The second-order valence-corrected chi connectivity index (χ2v) is 8.54. The number of carbonyl (C=O) groups excluding carboxylic acids is 1. The first-order valence-corrected chi connectivity index (χ1v) is 11.1. The summed E-state index contributed by atoms with van der Waals surface area (Å²) in [6.45, 7) is 6.94. The molecule has 2 aliphatic rings. The molecule has 0 spiro atoms. The zero-order valence-corrected chi connectivity index (χ0v) is 17.8. The van der Waals surface area contributed by atoms with Crippen LogP contribution in [0.1, 0.15) is 30.4 Å². The third kappa shape index (κ3) is 5.31. The van der Waals surface area contributed by atoms with E-state index in [2.05, 4.69) is 40.1 Å². The van der Waals surface area contributed by atoms with Crippen molar-refractivity contribution in [3.05, 3.63) is 64.7 Å². The molecular formula is C24H30ClN3O. The number of amides is 1. The lowest BCUT2D eigenvalue weighted by atomic mass is 9.99. The average Bonchev–Trinajstić information content (AvgIpc) is 2.76. The number of rotatable bonds is 6. The van der Waals surface area contributed by atoms with E-state index in [9.17, 15) is 4.79 Å². The summed E-state index contributed by atoms with van der Waals surface area (Å²) in [5.74, 6) is 0.310. The minimum atomic E-state index is 0.310. The van der Waals surface area contributed by atoms with Crippen molar-refractivity contribution < 1.29 is 4.79 Å². The van der Waals surface area contributed by atoms with E-state index in [1.807, 2.05) is 23.1 Å². The van der Waals surface area contributed by atoms with Gasteiger partial charge < -0.3 is 9.80 Å². The van der Waals surface area contributed by atoms with Crippen LogP contribution in [-0.2, 0) is 17.8 Å². The zero-order valence-electron chi connectivity index (χ0n) is 17.0. The van der Waals surface area contributed by atoms with Crippen molar-refractivity contribution in [2.24, 2.45) is 0 Å². The van der Waals surface area contributed by atoms with Gasteiger partial charge in [-0.3, -0.25) is 9.69 Å². The van der Waals surface area contributed by atoms with E-state index in [0.29, 0.717) is 12.3 Å². The highest BCUT2D eigenvalue weighted by Crippen LogP contribution is 2.21. The molecule has 1 amide bonds. The summed E-state index contributed by atoms with van der Waals surface area (Å²) < 4.78 is 0. The fraction of sp³-hybridized carbons (Fsp3) is 0.458. The van der Waals surface area contributed by atoms with Gasteiger partial charge in [0.2, 0.25) is 5.91 Å². The van der Waals surface area contributed by atoms with E-state index in [-0.39, 0.29) is 0 Å². The number of nitrogens with zero attached hydrogens (tertiary/aromatic N) is 3. The van der Waals surface area contributed by atoms with Crippen molar-refractivity contribution in [3.63, 3.8) is 0 Å². The molecule has 1 fully saturated rings. The Morgan fingerprint density at radius 3 is 2.48 bits per heavy atom. The van der Waals surface area contributed by atoms with Gasteiger partial charge in [0.05, 0.1) is 0 Å². The maximum absolute atomic E-state index is 12.6. The van der Waals surface area contributed by atoms with E-state index < -0.39 is 0 Å². The largest absolute Gasteiger partial charge is 0.369 e. The zero-order chi connectivity index (χ0) is 20.1. The molecule has 0 atom stereocenters. The number of hydrogen-bond acceptors (Lipinski definition) is 3. The molecule has 154 valence electrons. The molecule has 0 bridgehead atoms. The maximum atomic E-state index is 12.6. The standard InChI is InChI=1S/C24H30ClN3O/c25-22-8-5-9-23(18-22)27-16-14-26(15-17-27)12-4-3-10-24(29)28-13-11-20-6-1-2-7-21(20)19-28/h1-2,5-9,18H,3-4,10-17,19H2. The van der Waals surface area contributed by atoms with Crippen molar-refractivity contribution in [1.82, 2.24) is 9.80 Å². The molecule has 0 saturated carbocycles. The molecule has 4 rings (SSSR count). The minimum absolute atomic E-state index is 0.310. The van der Waals surface area contributed by atoms with E-state index in [1.165, 1.54) is 16.8 Å². The van der Waals surface area contributed by atoms with Crippen LogP contribution in [0.25, 0.3) is 0 Å². The Morgan fingerprint density at radius 1 is 0.897 bits per heavy atom. The molecule has 29 heavy (non-hydrogen) atoms. The molecule has 2 heterocycles. The van der Waals surface area contributed by atoms with Crippen molar-refractivity contribution in [2.75, 3.05) is 44.2 Å². The summed E-state index contributed by atoms with van der Waals surface area (Å²) in [5, 5.41) is 0.798. The number of piperazine rings is 1. The second kappa shape index (κ2) is 9.64. The van der Waals surface area contributed by atoms with Gasteiger partial charge in [0.1, 0.15) is 0 Å². The Morgan fingerprint density at radius 2 is 1.69 bits per heavy atom. The molecule has 2 aliphatic heterocycles. The molecule has 2 aromatic carbocycles. The Kier molecular flexibility index (Phi) is 6.73. The third-order valence-electron chi connectivity index (χ3n) is 6.14. The van der Waals surface area contributed by atoms with Crippen LogP contribution < -0.4 is 4.90 Å². The van der Waals surface area contributed by atoms with Gasteiger partial charge in [0, 0.05) is 56.4 Å². The second-order valence-electron chi connectivity index (χ2n) is 8.10. The number of anilines is 1. The normalized spacial score (nSPS) is 17.3. The first-order valence-electron chi connectivity index (χ1n) is 10.8. The van der Waals surface area contributed by atoms with Gasteiger partial charge in [0.25, 0.3) is 0 Å². The Hall–Kier alpha value is -2.04. The van der Waals surface area contributed by atoms with E-state index in [4.69, 9.17) is 11.6 Å². The number of halogens is 1. The first-order chi connectivity index (χ1) is 14.2. The van der Waals surface area contributed by atoms with Gasteiger partial charge in [0.15, 0.2) is 0 Å². The summed E-state index contributed by atoms with van der Waals surface area (Å²) in [6, 6.07) is 16.6. The SMILES string of the molecule is O=C(CCCCN1CCN(c2cccc(Cl)c2)CC1)N1CCc2ccccc2C1. The highest BCUT2D eigenvalue weighted by atomic mass is 35.5. The monoisotopic (exact) mass is 411 g/mol. The van der Waals surface area contributed by atoms with Crippen LogP contribution in [0, 0.1) is 0 Å². The van der Waals surface area contributed by atoms with Gasteiger partial charge >= 0.3 is 0 Å². The predicted molar refractivity (Wildman–Crippen MR) is 120 cm³/mol. The smallest absolute Gasteiger partial charge is 0.222 e. The lowest BCUT2D eigenvalue weighted by Crippen LogP contribution is -2.46. The molecule has 0 unspecified atom stereocenters. The Balaban J connectivity index is 1.14. The average molecular weight is 412 g/mol. The van der Waals surface area contributed by atoms with E-state index in [1.54, 1.807) is 0 Å². The fourth-order valence-corrected chi connectivity index (χ4v) is 4.57. The Bertz CT molecular complexity index is 832. The van der Waals surface area contributed by atoms with Gasteiger partial charge in [-0.05, 0) is 55.1 Å². The van der Waals surface area contributed by atoms with E-state index >= 15 is 0 Å². The number of hydrogen-bond donors (Lipinski definition) is 0. The van der Waals surface area contributed by atoms with Crippen LogP contribution in [0.4, 0.5) is 5.69 Å². The summed E-state index contributed by atoms with van der Waals surface area (Å²) in [6.07, 6.45) is 3.72. The fourth-order valence-electron chi connectivity index (χ4n) is 4.38. The first kappa shape index (κ1) is 20.2. The van der Waals surface area contributed by atoms with Crippen LogP contribution in [0.2, 0.25) is 5.02 Å². The molecule has 4 nitrogen and oxygen atoms in total. The van der Waals surface area contributed by atoms with Crippen molar-refractivity contribution in [2.45, 2.75) is 32.2 Å². The van der Waals surface area contributed by atoms with Crippen LogP contribution >= 0.6 is 11.6 Å². The van der Waals surface area contributed by atoms with Crippen LogP contribution in [0.5, 0.6) is 0 Å².